The fraction of sp³-hybridized carbons (Fsp3) is 0.438. The second-order valence-electron chi connectivity index (χ2n) is 5.43. The summed E-state index contributed by atoms with van der Waals surface area (Å²) in [6, 6.07) is 9.45. The molecule has 0 heterocycles. The van der Waals surface area contributed by atoms with Crippen molar-refractivity contribution in [2.45, 2.75) is 32.7 Å². The van der Waals surface area contributed by atoms with Gasteiger partial charge in [0.25, 0.3) is 5.91 Å². The van der Waals surface area contributed by atoms with Crippen LogP contribution in [0.1, 0.15) is 32.8 Å². The third-order valence-corrected chi connectivity index (χ3v) is 2.82. The first kappa shape index (κ1) is 15.3. The van der Waals surface area contributed by atoms with Gasteiger partial charge in [0.1, 0.15) is 0 Å². The SMILES string of the molecule is CC(C)CC(C)(CN)NC(=O)C#Cc1ccccc1. The molecule has 1 rings (SSSR count). The van der Waals surface area contributed by atoms with E-state index in [9.17, 15) is 4.79 Å². The molecule has 1 atom stereocenters. The zero-order valence-corrected chi connectivity index (χ0v) is 11.9. The van der Waals surface area contributed by atoms with Gasteiger partial charge in [0, 0.05) is 18.0 Å². The number of benzene rings is 1. The normalized spacial score (nSPS) is 13.3. The molecule has 0 aliphatic rings. The first-order valence-electron chi connectivity index (χ1n) is 6.54. The number of hydrogen-bond acceptors (Lipinski definition) is 2. The highest BCUT2D eigenvalue weighted by atomic mass is 16.1. The van der Waals surface area contributed by atoms with Crippen molar-refractivity contribution in [2.24, 2.45) is 11.7 Å². The van der Waals surface area contributed by atoms with E-state index in [-0.39, 0.29) is 5.91 Å². The first-order chi connectivity index (χ1) is 8.95. The predicted octanol–water partition coefficient (Wildman–Crippen LogP) is 1.92. The standard InChI is InChI=1S/C16H22N2O/c1-13(2)11-16(3,12-17)18-15(19)10-9-14-7-5-4-6-8-14/h4-8,13H,11-12,17H2,1-3H3,(H,18,19). The Morgan fingerprint density at radius 2 is 2.00 bits per heavy atom. The molecule has 0 bridgehead atoms. The van der Waals surface area contributed by atoms with Crippen LogP contribution < -0.4 is 11.1 Å². The van der Waals surface area contributed by atoms with Gasteiger partial charge in [-0.2, -0.15) is 0 Å². The fourth-order valence-corrected chi connectivity index (χ4v) is 2.04. The zero-order chi connectivity index (χ0) is 14.3. The lowest BCUT2D eigenvalue weighted by atomic mass is 9.91. The third-order valence-electron chi connectivity index (χ3n) is 2.82. The van der Waals surface area contributed by atoms with Gasteiger partial charge >= 0.3 is 0 Å². The molecule has 1 unspecified atom stereocenters. The minimum absolute atomic E-state index is 0.280. The van der Waals surface area contributed by atoms with Gasteiger partial charge in [0.2, 0.25) is 0 Å². The number of hydrogen-bond donors (Lipinski definition) is 2. The molecule has 0 radical (unpaired) electrons. The van der Waals surface area contributed by atoms with E-state index in [4.69, 9.17) is 5.73 Å². The third kappa shape index (κ3) is 5.58. The number of rotatable bonds is 4. The molecule has 0 spiro atoms. The smallest absolute Gasteiger partial charge is 0.296 e. The second-order valence-corrected chi connectivity index (χ2v) is 5.43. The summed E-state index contributed by atoms with van der Waals surface area (Å²) < 4.78 is 0. The Labute approximate surface area is 115 Å². The van der Waals surface area contributed by atoms with Crippen LogP contribution >= 0.6 is 0 Å². The van der Waals surface area contributed by atoms with Crippen LogP contribution in [0.15, 0.2) is 30.3 Å². The maximum Gasteiger partial charge on any atom is 0.296 e. The number of nitrogens with one attached hydrogen (secondary N) is 1. The lowest BCUT2D eigenvalue weighted by molar-refractivity contribution is -0.117. The summed E-state index contributed by atoms with van der Waals surface area (Å²) in [5.41, 5.74) is 6.19. The van der Waals surface area contributed by atoms with E-state index < -0.39 is 5.54 Å². The average Bonchev–Trinajstić information content (AvgIpc) is 2.36. The monoisotopic (exact) mass is 258 g/mol. The summed E-state index contributed by atoms with van der Waals surface area (Å²) in [6.45, 7) is 6.57. The van der Waals surface area contributed by atoms with Crippen molar-refractivity contribution in [1.82, 2.24) is 5.32 Å². The highest BCUT2D eigenvalue weighted by molar-refractivity contribution is 5.94. The van der Waals surface area contributed by atoms with E-state index in [1.807, 2.05) is 37.3 Å². The van der Waals surface area contributed by atoms with Gasteiger partial charge in [-0.15, -0.1) is 0 Å². The average molecular weight is 258 g/mol. The second kappa shape index (κ2) is 6.96. The van der Waals surface area contributed by atoms with Crippen LogP contribution in [0.5, 0.6) is 0 Å². The van der Waals surface area contributed by atoms with Crippen LogP contribution in [-0.4, -0.2) is 18.0 Å². The van der Waals surface area contributed by atoms with Crippen molar-refractivity contribution in [3.63, 3.8) is 0 Å². The molecule has 0 saturated heterocycles. The number of carbonyl (C=O) groups is 1. The van der Waals surface area contributed by atoms with Crippen LogP contribution in [-0.2, 0) is 4.79 Å². The van der Waals surface area contributed by atoms with Crippen molar-refractivity contribution in [3.8, 4) is 11.8 Å². The number of carbonyl (C=O) groups excluding carboxylic acids is 1. The number of nitrogens with two attached hydrogens (primary N) is 1. The maximum absolute atomic E-state index is 11.8. The summed E-state index contributed by atoms with van der Waals surface area (Å²) in [5, 5.41) is 2.91. The van der Waals surface area contributed by atoms with Gasteiger partial charge in [0.05, 0.1) is 5.54 Å². The minimum Gasteiger partial charge on any atom is -0.339 e. The number of amides is 1. The van der Waals surface area contributed by atoms with Crippen LogP contribution in [0.4, 0.5) is 0 Å². The molecule has 0 aliphatic carbocycles. The maximum atomic E-state index is 11.8. The molecule has 1 amide bonds. The largest absolute Gasteiger partial charge is 0.339 e. The Morgan fingerprint density at radius 3 is 2.53 bits per heavy atom. The van der Waals surface area contributed by atoms with Gasteiger partial charge in [-0.1, -0.05) is 38.0 Å². The predicted molar refractivity (Wildman–Crippen MR) is 78.4 cm³/mol. The van der Waals surface area contributed by atoms with E-state index >= 15 is 0 Å². The van der Waals surface area contributed by atoms with Crippen LogP contribution in [0.2, 0.25) is 0 Å². The summed E-state index contributed by atoms with van der Waals surface area (Å²) in [4.78, 5) is 11.8. The molecule has 19 heavy (non-hydrogen) atoms. The van der Waals surface area contributed by atoms with E-state index in [1.54, 1.807) is 0 Å². The van der Waals surface area contributed by atoms with E-state index in [1.165, 1.54) is 0 Å². The van der Waals surface area contributed by atoms with E-state index in [2.05, 4.69) is 31.0 Å². The zero-order valence-electron chi connectivity index (χ0n) is 11.9. The first-order valence-corrected chi connectivity index (χ1v) is 6.54. The highest BCUT2D eigenvalue weighted by Gasteiger charge is 2.25. The van der Waals surface area contributed by atoms with Gasteiger partial charge in [-0.25, -0.2) is 0 Å². The van der Waals surface area contributed by atoms with Gasteiger partial charge in [-0.05, 0) is 31.4 Å². The molecule has 0 saturated carbocycles. The summed E-state index contributed by atoms with van der Waals surface area (Å²) in [6.07, 6.45) is 0.836. The molecule has 0 aliphatic heterocycles. The van der Waals surface area contributed by atoms with Crippen molar-refractivity contribution in [1.29, 1.82) is 0 Å². The van der Waals surface area contributed by atoms with Crippen molar-refractivity contribution in [3.05, 3.63) is 35.9 Å². The van der Waals surface area contributed by atoms with Gasteiger partial charge in [0.15, 0.2) is 0 Å². The Kier molecular flexibility index (Phi) is 5.59. The summed E-state index contributed by atoms with van der Waals surface area (Å²) >= 11 is 0. The van der Waals surface area contributed by atoms with Crippen molar-refractivity contribution >= 4 is 5.91 Å². The lowest BCUT2D eigenvalue weighted by Crippen LogP contribution is -2.51. The Hall–Kier alpha value is -1.79. The van der Waals surface area contributed by atoms with Crippen LogP contribution in [0, 0.1) is 17.8 Å². The van der Waals surface area contributed by atoms with Crippen molar-refractivity contribution in [2.75, 3.05) is 6.54 Å². The summed E-state index contributed by atoms with van der Waals surface area (Å²) in [7, 11) is 0. The van der Waals surface area contributed by atoms with Gasteiger partial charge in [-0.3, -0.25) is 4.79 Å². The molecular weight excluding hydrogens is 236 g/mol. The fourth-order valence-electron chi connectivity index (χ4n) is 2.04. The Balaban J connectivity index is 2.67. The molecule has 3 N–H and O–H groups in total. The van der Waals surface area contributed by atoms with Crippen LogP contribution in [0.25, 0.3) is 0 Å². The van der Waals surface area contributed by atoms with E-state index in [0.29, 0.717) is 12.5 Å². The molecule has 102 valence electrons. The molecule has 0 aromatic heterocycles. The topological polar surface area (TPSA) is 55.1 Å². The minimum atomic E-state index is -0.392. The quantitative estimate of drug-likeness (QED) is 0.811. The van der Waals surface area contributed by atoms with E-state index in [0.717, 1.165) is 12.0 Å². The van der Waals surface area contributed by atoms with Gasteiger partial charge < -0.3 is 11.1 Å². The lowest BCUT2D eigenvalue weighted by Gasteiger charge is -2.30. The van der Waals surface area contributed by atoms with Crippen LogP contribution in [0.3, 0.4) is 0 Å². The molecule has 1 aromatic rings. The highest BCUT2D eigenvalue weighted by Crippen LogP contribution is 2.14. The molecule has 3 heteroatoms. The Bertz CT molecular complexity index is 471. The van der Waals surface area contributed by atoms with Crippen molar-refractivity contribution < 1.29 is 4.79 Å². The molecular formula is C16H22N2O. The Morgan fingerprint density at radius 1 is 1.37 bits per heavy atom. The molecule has 1 aromatic carbocycles. The molecule has 0 fully saturated rings. The summed E-state index contributed by atoms with van der Waals surface area (Å²) in [5.74, 6) is 5.64. The molecule has 3 nitrogen and oxygen atoms in total.